The van der Waals surface area contributed by atoms with Gasteiger partial charge >= 0.3 is 5.97 Å². The summed E-state index contributed by atoms with van der Waals surface area (Å²) in [6.07, 6.45) is 3.95. The quantitative estimate of drug-likeness (QED) is 0.0137. The minimum absolute atomic E-state index is 0.00768. The second-order valence-electron chi connectivity index (χ2n) is 35.9. The third kappa shape index (κ3) is 37.1. The maximum atomic E-state index is 15.6. The summed E-state index contributed by atoms with van der Waals surface area (Å²) in [5.41, 5.74) is 29.3. The van der Waals surface area contributed by atoms with Crippen LogP contribution in [0.3, 0.4) is 0 Å². The van der Waals surface area contributed by atoms with Crippen LogP contribution in [0.15, 0.2) is 29.3 Å². The summed E-state index contributed by atoms with van der Waals surface area (Å²) < 4.78 is 0. The molecule has 5 heterocycles. The molecule has 25 N–H and O–H groups in total. The smallest absolute Gasteiger partial charge is 0.303 e. The van der Waals surface area contributed by atoms with E-state index in [0.717, 1.165) is 21.6 Å². The van der Waals surface area contributed by atoms with E-state index in [0.29, 0.717) is 50.5 Å². The number of amides is 18. The molecule has 3 unspecified atom stereocenters. The minimum atomic E-state index is -1.85. The first kappa shape index (κ1) is 115. The number of carbonyl (C=O) groups excluding carboxylic acids is 18. The fourth-order valence-corrected chi connectivity index (χ4v) is 19.7. The Kier molecular flexibility index (Phi) is 49.8. The first-order chi connectivity index (χ1) is 65.2. The van der Waals surface area contributed by atoms with Crippen LogP contribution in [-0.2, 0) is 97.5 Å². The van der Waals surface area contributed by atoms with Gasteiger partial charge in [0.05, 0.1) is 6.61 Å². The van der Waals surface area contributed by atoms with Crippen molar-refractivity contribution in [2.24, 2.45) is 45.5 Å². The maximum absolute atomic E-state index is 15.6. The molecule has 0 spiro atoms. The van der Waals surface area contributed by atoms with Gasteiger partial charge < -0.3 is 128 Å². The standard InChI is InChI=1S/C89H144ClN23O21S3/c1-9-10-20-60-85(131)110-39-16-24-66(110)82(128)97-51(6)73(119)108-64(47-114)80(126)107-63(46-53-28-30-54(90)31-29-53)79(125)109-65(81(127)105-61(22-12-14-37-92)86(132)113-42-19-27-69(113)87(133)111-40-17-25-67(111)83(129)99-55(72(93)118)32-33-70(116)117)48-137-136-44-35-59(102-76(122)58(34-43-135-8)103-84(130)68-26-18-41-112(68)88(134)71(50(4)5)98-52(7)115)77(123)106-62(45-49(2)3)78(124)101-57(23-15-38-96-89(94)95)74(120)100-56(75(121)104-60)21-11-13-36-91/h28-31,49-51,55-69,71,114H,9-27,32-48,91-92H2,1-8H3,(H2,93,118)(H,97,128)(H,98,115)(H,99,129)(H,100,120)(H,101,124)(H,102,122)(H,103,130)(H,104,121)(H,105,127)(H,106,123)(H,107,126)(H,108,119)(H,109,125)(H,116,117)(H4,94,95,96)/t51?,55-,56-,57-,58-,59?,60-,61?,62-,63-,64-,65-,66-,67-,68-,69-,71-/m0/s1. The van der Waals surface area contributed by atoms with Gasteiger partial charge in [0.2, 0.25) is 106 Å². The predicted molar refractivity (Wildman–Crippen MR) is 516 cm³/mol. The summed E-state index contributed by atoms with van der Waals surface area (Å²) in [6.45, 7) is 10.8. The van der Waals surface area contributed by atoms with Crippen LogP contribution in [0.2, 0.25) is 5.02 Å². The fraction of sp³-hybridized carbons (Fsp3) is 0.708. The van der Waals surface area contributed by atoms with Gasteiger partial charge in [-0.25, -0.2) is 0 Å². The lowest BCUT2D eigenvalue weighted by atomic mass is 10.0. The monoisotopic (exact) mass is 2000 g/mol. The summed E-state index contributed by atoms with van der Waals surface area (Å²) >= 11 is 7.67. The predicted octanol–water partition coefficient (Wildman–Crippen LogP) is -2.73. The lowest BCUT2D eigenvalue weighted by Gasteiger charge is -2.33. The average molecular weight is 2000 g/mol. The number of hydrogen-bond donors (Lipinski definition) is 20. The number of nitrogens with zero attached hydrogens (tertiary/aromatic N) is 5. The molecule has 5 aliphatic rings. The number of carbonyl (C=O) groups is 19. The summed E-state index contributed by atoms with van der Waals surface area (Å²) in [5, 5.41) is 55.7. The van der Waals surface area contributed by atoms with E-state index in [2.05, 4.69) is 74.1 Å². The van der Waals surface area contributed by atoms with Gasteiger partial charge in [-0.15, -0.1) is 0 Å². The molecule has 137 heavy (non-hydrogen) atoms. The van der Waals surface area contributed by atoms with Gasteiger partial charge in [0.25, 0.3) is 0 Å². The highest BCUT2D eigenvalue weighted by atomic mass is 35.5. The van der Waals surface area contributed by atoms with Crippen molar-refractivity contribution in [3.05, 3.63) is 34.9 Å². The molecule has 0 radical (unpaired) electrons. The Morgan fingerprint density at radius 2 is 1.10 bits per heavy atom. The van der Waals surface area contributed by atoms with Crippen molar-refractivity contribution in [2.45, 2.75) is 312 Å². The number of aliphatic hydroxyl groups excluding tert-OH is 1. The Bertz CT molecular complexity index is 4330. The Morgan fingerprint density at radius 1 is 0.562 bits per heavy atom. The number of likely N-dealkylation sites (tertiary alicyclic amines) is 3. The van der Waals surface area contributed by atoms with Crippen LogP contribution < -0.4 is 97.8 Å². The highest BCUT2D eigenvalue weighted by Gasteiger charge is 2.47. The third-order valence-electron chi connectivity index (χ3n) is 24.3. The molecule has 18 amide bonds. The molecule has 5 fully saturated rings. The number of guanidine groups is 1. The van der Waals surface area contributed by atoms with Crippen LogP contribution in [0.25, 0.3) is 0 Å². The molecule has 1 aromatic carbocycles. The van der Waals surface area contributed by atoms with Crippen LogP contribution in [0.4, 0.5) is 0 Å². The Balaban J connectivity index is 1.49. The average Bonchev–Trinajstić information content (AvgIpc) is 1.67. The van der Waals surface area contributed by atoms with Crippen molar-refractivity contribution in [3.63, 3.8) is 0 Å². The topological polar surface area (TPSA) is 677 Å². The molecule has 0 bridgehead atoms. The molecule has 6 rings (SSSR count). The molecule has 48 heteroatoms. The number of hydrogen-bond acceptors (Lipinski definition) is 26. The van der Waals surface area contributed by atoms with Crippen LogP contribution in [0.5, 0.6) is 0 Å². The van der Waals surface area contributed by atoms with Gasteiger partial charge in [0.15, 0.2) is 5.96 Å². The Morgan fingerprint density at radius 3 is 1.69 bits per heavy atom. The van der Waals surface area contributed by atoms with Crippen LogP contribution in [0, 0.1) is 11.8 Å². The van der Waals surface area contributed by atoms with Crippen molar-refractivity contribution in [2.75, 3.05) is 75.9 Å². The van der Waals surface area contributed by atoms with Gasteiger partial charge in [-0.1, -0.05) is 92.8 Å². The number of nitrogens with two attached hydrogens (primary N) is 5. The number of carboxylic acids is 1. The normalized spacial score (nSPS) is 24.4. The summed E-state index contributed by atoms with van der Waals surface area (Å²) in [4.78, 5) is 284. The van der Waals surface area contributed by atoms with E-state index >= 15 is 33.6 Å². The van der Waals surface area contributed by atoms with Crippen molar-refractivity contribution in [3.8, 4) is 0 Å². The van der Waals surface area contributed by atoms with Crippen molar-refractivity contribution >= 4 is 163 Å². The van der Waals surface area contributed by atoms with E-state index in [1.807, 2.05) is 6.92 Å². The SMILES string of the molecule is CCCC[C@@H]1NC(=O)[C@H](CCCCN)NC(=O)[C@H](CCCN=C(N)N)NC(=O)[C@H](CC(C)C)NC(=O)C(NC(=O)[C@H](CCSC)NC(=O)[C@@H]2CCCN2C(=O)[C@@H](NC(C)=O)C(C)C)CCSSC[C@@H](C(=O)NC(CCCCN)C(=O)N2CCC[C@H]2C(=O)N2CCC[C@H]2C(=O)N[C@@H](CCC(=O)O)C(N)=O)NC(=O)[C@H](Cc2ccc(Cl)cc2)NC(=O)[C@H](CO)NC(=O)C(C)NC(=O)[C@@H]2CCCN2C1=O. The van der Waals surface area contributed by atoms with Gasteiger partial charge in [-0.3, -0.25) is 96.1 Å². The van der Waals surface area contributed by atoms with E-state index < -0.39 is 240 Å². The van der Waals surface area contributed by atoms with E-state index in [9.17, 15) is 67.7 Å². The zero-order chi connectivity index (χ0) is 101. The summed E-state index contributed by atoms with van der Waals surface area (Å²) in [6, 6.07) is -17.8. The summed E-state index contributed by atoms with van der Waals surface area (Å²) in [7, 11) is 1.95. The zero-order valence-electron chi connectivity index (χ0n) is 79.6. The first-order valence-electron chi connectivity index (χ1n) is 47.4. The second-order valence-corrected chi connectivity index (χ2v) is 39.9. The second kappa shape index (κ2) is 59.2. The lowest BCUT2D eigenvalue weighted by molar-refractivity contribution is -0.148. The molecule has 5 saturated heterocycles. The number of rotatable bonds is 40. The van der Waals surface area contributed by atoms with E-state index in [4.69, 9.17) is 40.3 Å². The number of nitrogens with one attached hydrogen (secondary N) is 13. The maximum Gasteiger partial charge on any atom is 0.303 e. The zero-order valence-corrected chi connectivity index (χ0v) is 82.8. The number of benzene rings is 1. The van der Waals surface area contributed by atoms with Crippen LogP contribution in [0.1, 0.15) is 208 Å². The first-order valence-corrected chi connectivity index (χ1v) is 51.6. The number of fused-ring (bicyclic) bond motifs is 1. The Labute approximate surface area is 816 Å². The van der Waals surface area contributed by atoms with E-state index in [-0.39, 0.29) is 183 Å². The van der Waals surface area contributed by atoms with Gasteiger partial charge in [-0.05, 0) is 196 Å². The van der Waals surface area contributed by atoms with E-state index in [1.165, 1.54) is 69.5 Å². The van der Waals surface area contributed by atoms with Gasteiger partial charge in [0, 0.05) is 69.0 Å². The third-order valence-corrected chi connectivity index (χ3v) is 27.7. The number of carboxylic acid groups (broad SMARTS) is 1. The fourth-order valence-electron chi connectivity index (χ4n) is 16.8. The van der Waals surface area contributed by atoms with Crippen molar-refractivity contribution in [1.29, 1.82) is 0 Å². The minimum Gasteiger partial charge on any atom is -0.481 e. The van der Waals surface area contributed by atoms with Crippen molar-refractivity contribution in [1.82, 2.24) is 88.7 Å². The van der Waals surface area contributed by atoms with Crippen LogP contribution in [-0.4, -0.2) is 327 Å². The molecule has 0 aliphatic carbocycles. The molecule has 1 aromatic rings. The number of thioether (sulfide) groups is 1. The van der Waals surface area contributed by atoms with E-state index in [1.54, 1.807) is 34.0 Å². The highest BCUT2D eigenvalue weighted by Crippen LogP contribution is 2.30. The molecular formula is C89H144ClN23O21S3. The summed E-state index contributed by atoms with van der Waals surface area (Å²) in [5.74, 6) is -17.5. The number of unbranched alkanes of at least 4 members (excludes halogenated alkanes) is 3. The van der Waals surface area contributed by atoms with Gasteiger partial charge in [0.1, 0.15) is 103 Å². The number of halogens is 1. The number of primary amides is 1. The lowest BCUT2D eigenvalue weighted by Crippen LogP contribution is -2.61. The van der Waals surface area contributed by atoms with Gasteiger partial charge in [-0.2, -0.15) is 11.8 Å². The largest absolute Gasteiger partial charge is 0.481 e. The Hall–Kier alpha value is -10.4. The van der Waals surface area contributed by atoms with Crippen LogP contribution >= 0.6 is 45.0 Å². The number of aliphatic carboxylic acids is 1. The molecule has 766 valence electrons. The number of aliphatic imine (C=N–C) groups is 1. The molecule has 17 atom stereocenters. The molecule has 44 nitrogen and oxygen atoms in total. The highest BCUT2D eigenvalue weighted by molar-refractivity contribution is 8.76. The number of aliphatic hydroxyl groups is 1. The van der Waals surface area contributed by atoms with Crippen molar-refractivity contribution < 1.29 is 101 Å². The molecule has 0 saturated carbocycles. The molecular weight excluding hydrogens is 1860 g/mol. The molecule has 0 aromatic heterocycles. The molecule has 5 aliphatic heterocycles.